The van der Waals surface area contributed by atoms with Gasteiger partial charge in [-0.05, 0) is 56.6 Å². The third kappa shape index (κ3) is 4.84. The highest BCUT2D eigenvalue weighted by Crippen LogP contribution is 2.35. The molecule has 1 aromatic heterocycles. The van der Waals surface area contributed by atoms with Crippen molar-refractivity contribution in [2.75, 3.05) is 38.7 Å². The summed E-state index contributed by atoms with van der Waals surface area (Å²) in [5.41, 5.74) is 1.16. The van der Waals surface area contributed by atoms with E-state index in [0.29, 0.717) is 40.5 Å². The topological polar surface area (TPSA) is 83.3 Å². The Balaban J connectivity index is 1.52. The fourth-order valence-corrected chi connectivity index (χ4v) is 3.73. The lowest BCUT2D eigenvalue weighted by atomic mass is 10.2. The van der Waals surface area contributed by atoms with Gasteiger partial charge in [-0.2, -0.15) is 5.26 Å². The number of methoxy groups -OCH3 is 1. The second-order valence-corrected chi connectivity index (χ2v) is 7.42. The quantitative estimate of drug-likeness (QED) is 0.544. The van der Waals surface area contributed by atoms with Crippen LogP contribution in [0.5, 0.6) is 11.5 Å². The first-order chi connectivity index (χ1) is 15.2. The van der Waals surface area contributed by atoms with Gasteiger partial charge in [0.1, 0.15) is 24.0 Å². The summed E-state index contributed by atoms with van der Waals surface area (Å²) in [6.07, 6.45) is 4.95. The summed E-state index contributed by atoms with van der Waals surface area (Å²) in [6.45, 7) is 3.98. The molecule has 1 aliphatic rings. The molecule has 0 saturated carbocycles. The normalized spacial score (nSPS) is 13.8. The Labute approximate surface area is 180 Å². The van der Waals surface area contributed by atoms with Gasteiger partial charge in [0.2, 0.25) is 0 Å². The average Bonchev–Trinajstić information content (AvgIpc) is 3.30. The lowest BCUT2D eigenvalue weighted by Crippen LogP contribution is -2.21. The zero-order valence-electron chi connectivity index (χ0n) is 17.4. The molecule has 0 bridgehead atoms. The molecule has 1 saturated heterocycles. The predicted octanol–water partition coefficient (Wildman–Crippen LogP) is 4.26. The van der Waals surface area contributed by atoms with E-state index in [9.17, 15) is 4.39 Å². The molecular formula is C23H24FN5O2. The number of benzene rings is 2. The average molecular weight is 421 g/mol. The van der Waals surface area contributed by atoms with Gasteiger partial charge in [-0.15, -0.1) is 0 Å². The van der Waals surface area contributed by atoms with Crippen LogP contribution in [0.3, 0.4) is 0 Å². The maximum Gasteiger partial charge on any atom is 0.163 e. The Morgan fingerprint density at radius 3 is 2.74 bits per heavy atom. The van der Waals surface area contributed by atoms with Gasteiger partial charge in [-0.3, -0.25) is 0 Å². The van der Waals surface area contributed by atoms with Crippen LogP contribution in [0.2, 0.25) is 0 Å². The third-order valence-electron chi connectivity index (χ3n) is 5.35. The molecule has 7 nitrogen and oxygen atoms in total. The molecule has 2 heterocycles. The van der Waals surface area contributed by atoms with Gasteiger partial charge in [0.25, 0.3) is 0 Å². The molecule has 160 valence electrons. The summed E-state index contributed by atoms with van der Waals surface area (Å²) in [5.74, 6) is 1.13. The summed E-state index contributed by atoms with van der Waals surface area (Å²) in [5, 5.41) is 12.7. The van der Waals surface area contributed by atoms with Gasteiger partial charge in [0.05, 0.1) is 24.8 Å². The molecule has 1 aliphatic heterocycles. The standard InChI is InChI=1S/C23H24FN5O2/c1-30-21-12-18-20(13-22(21)31-10-4-9-29-7-2-3-8-29)26-15-27-23(18)28-17-6-5-16(14-25)19(24)11-17/h5-6,11-13,15H,2-4,7-10H2,1H3,(H,26,27,28). The van der Waals surface area contributed by atoms with Gasteiger partial charge < -0.3 is 19.7 Å². The number of hydrogen-bond donors (Lipinski definition) is 1. The van der Waals surface area contributed by atoms with Crippen LogP contribution in [0, 0.1) is 17.1 Å². The zero-order chi connectivity index (χ0) is 21.6. The Bertz CT molecular complexity index is 1110. The molecule has 3 aromatic rings. The van der Waals surface area contributed by atoms with E-state index in [2.05, 4.69) is 20.2 Å². The monoisotopic (exact) mass is 421 g/mol. The van der Waals surface area contributed by atoms with Crippen LogP contribution < -0.4 is 14.8 Å². The highest BCUT2D eigenvalue weighted by atomic mass is 19.1. The third-order valence-corrected chi connectivity index (χ3v) is 5.35. The number of halogens is 1. The van der Waals surface area contributed by atoms with Crippen LogP contribution >= 0.6 is 0 Å². The number of anilines is 2. The van der Waals surface area contributed by atoms with Crippen LogP contribution in [0.4, 0.5) is 15.9 Å². The minimum atomic E-state index is -0.590. The highest BCUT2D eigenvalue weighted by molar-refractivity contribution is 5.93. The van der Waals surface area contributed by atoms with E-state index < -0.39 is 5.82 Å². The van der Waals surface area contributed by atoms with E-state index in [0.717, 1.165) is 13.0 Å². The number of nitriles is 1. The Kier molecular flexibility index (Phi) is 6.43. The first kappa shape index (κ1) is 20.8. The molecule has 0 unspecified atom stereocenters. The van der Waals surface area contributed by atoms with Crippen LogP contribution in [0.1, 0.15) is 24.8 Å². The molecule has 0 radical (unpaired) electrons. The first-order valence-corrected chi connectivity index (χ1v) is 10.3. The Morgan fingerprint density at radius 2 is 2.00 bits per heavy atom. The number of nitrogens with one attached hydrogen (secondary N) is 1. The maximum absolute atomic E-state index is 14.0. The van der Waals surface area contributed by atoms with Crippen molar-refractivity contribution in [1.82, 2.24) is 14.9 Å². The number of nitrogens with zero attached hydrogens (tertiary/aromatic N) is 4. The van der Waals surface area contributed by atoms with Gasteiger partial charge >= 0.3 is 0 Å². The molecule has 1 fully saturated rings. The summed E-state index contributed by atoms with van der Waals surface area (Å²) in [4.78, 5) is 11.1. The van der Waals surface area contributed by atoms with E-state index >= 15 is 0 Å². The van der Waals surface area contributed by atoms with E-state index in [1.807, 2.05) is 18.2 Å². The van der Waals surface area contributed by atoms with E-state index in [4.69, 9.17) is 14.7 Å². The van der Waals surface area contributed by atoms with Crippen LogP contribution in [0.25, 0.3) is 10.9 Å². The van der Waals surface area contributed by atoms with Crippen molar-refractivity contribution in [3.05, 3.63) is 48.0 Å². The molecule has 31 heavy (non-hydrogen) atoms. The SMILES string of the molecule is COc1cc2c(Nc3ccc(C#N)c(F)c3)ncnc2cc1OCCCN1CCCC1. The Morgan fingerprint density at radius 1 is 1.16 bits per heavy atom. The van der Waals surface area contributed by atoms with Crippen molar-refractivity contribution in [2.24, 2.45) is 0 Å². The first-order valence-electron chi connectivity index (χ1n) is 10.3. The minimum absolute atomic E-state index is 0.00807. The molecule has 0 spiro atoms. The van der Waals surface area contributed by atoms with Crippen molar-refractivity contribution in [1.29, 1.82) is 5.26 Å². The van der Waals surface area contributed by atoms with Crippen LogP contribution in [0.15, 0.2) is 36.7 Å². The van der Waals surface area contributed by atoms with Crippen molar-refractivity contribution >= 4 is 22.4 Å². The van der Waals surface area contributed by atoms with Crippen LogP contribution in [-0.4, -0.2) is 48.2 Å². The van der Waals surface area contributed by atoms with Gasteiger partial charge in [-0.25, -0.2) is 14.4 Å². The minimum Gasteiger partial charge on any atom is -0.493 e. The molecular weight excluding hydrogens is 397 g/mol. The molecule has 0 atom stereocenters. The summed E-state index contributed by atoms with van der Waals surface area (Å²) in [7, 11) is 1.59. The van der Waals surface area contributed by atoms with Crippen molar-refractivity contribution in [2.45, 2.75) is 19.3 Å². The summed E-state index contributed by atoms with van der Waals surface area (Å²) in [6, 6.07) is 9.78. The van der Waals surface area contributed by atoms with E-state index in [1.54, 1.807) is 13.2 Å². The number of likely N-dealkylation sites (tertiary alicyclic amines) is 1. The number of hydrogen-bond acceptors (Lipinski definition) is 7. The van der Waals surface area contributed by atoms with E-state index in [-0.39, 0.29) is 5.56 Å². The number of rotatable bonds is 8. The second kappa shape index (κ2) is 9.58. The van der Waals surface area contributed by atoms with Crippen molar-refractivity contribution in [3.8, 4) is 17.6 Å². The van der Waals surface area contributed by atoms with Gasteiger partial charge in [-0.1, -0.05) is 0 Å². The fraction of sp³-hybridized carbons (Fsp3) is 0.348. The maximum atomic E-state index is 14.0. The van der Waals surface area contributed by atoms with Gasteiger partial charge in [0.15, 0.2) is 11.5 Å². The smallest absolute Gasteiger partial charge is 0.163 e. The summed E-state index contributed by atoms with van der Waals surface area (Å²) < 4.78 is 25.5. The molecule has 1 N–H and O–H groups in total. The summed E-state index contributed by atoms with van der Waals surface area (Å²) >= 11 is 0. The van der Waals surface area contributed by atoms with Gasteiger partial charge in [0, 0.05) is 23.7 Å². The van der Waals surface area contributed by atoms with Crippen LogP contribution in [-0.2, 0) is 0 Å². The lowest BCUT2D eigenvalue weighted by Gasteiger charge is -2.16. The predicted molar refractivity (Wildman–Crippen MR) is 116 cm³/mol. The Hall–Kier alpha value is -3.44. The fourth-order valence-electron chi connectivity index (χ4n) is 3.73. The zero-order valence-corrected chi connectivity index (χ0v) is 17.4. The molecule has 4 rings (SSSR count). The molecule has 2 aromatic carbocycles. The molecule has 0 aliphatic carbocycles. The number of aromatic nitrogens is 2. The lowest BCUT2D eigenvalue weighted by molar-refractivity contribution is 0.254. The highest BCUT2D eigenvalue weighted by Gasteiger charge is 2.14. The molecule has 8 heteroatoms. The van der Waals surface area contributed by atoms with Crippen molar-refractivity contribution in [3.63, 3.8) is 0 Å². The number of fused-ring (bicyclic) bond motifs is 1. The number of ether oxygens (including phenoxy) is 2. The van der Waals surface area contributed by atoms with Crippen molar-refractivity contribution < 1.29 is 13.9 Å². The second-order valence-electron chi connectivity index (χ2n) is 7.42. The molecule has 0 amide bonds. The van der Waals surface area contributed by atoms with E-state index in [1.165, 1.54) is 44.4 Å². The largest absolute Gasteiger partial charge is 0.493 e.